The molecule has 0 atom stereocenters. The maximum absolute atomic E-state index is 12.7. The number of rotatable bonds is 6. The van der Waals surface area contributed by atoms with Crippen LogP contribution in [0.15, 0.2) is 48.5 Å². The molecule has 29 heavy (non-hydrogen) atoms. The lowest BCUT2D eigenvalue weighted by Gasteiger charge is -2.35. The van der Waals surface area contributed by atoms with Crippen LogP contribution in [0.4, 0.5) is 13.2 Å². The van der Waals surface area contributed by atoms with Gasteiger partial charge in [-0.15, -0.1) is 0 Å². The molecule has 1 aliphatic rings. The third-order valence-electron chi connectivity index (χ3n) is 4.73. The summed E-state index contributed by atoms with van der Waals surface area (Å²) >= 11 is 0. The molecular weight excluding hydrogens is 385 g/mol. The van der Waals surface area contributed by atoms with Gasteiger partial charge in [-0.1, -0.05) is 24.3 Å². The fourth-order valence-corrected chi connectivity index (χ4v) is 3.22. The molecule has 5 nitrogen and oxygen atoms in total. The predicted octanol–water partition coefficient (Wildman–Crippen LogP) is 3.59. The van der Waals surface area contributed by atoms with Gasteiger partial charge >= 0.3 is 6.18 Å². The summed E-state index contributed by atoms with van der Waals surface area (Å²) in [5.74, 6) is 0.708. The summed E-state index contributed by atoms with van der Waals surface area (Å²) in [5, 5.41) is 0. The Balaban J connectivity index is 1.50. The first kappa shape index (κ1) is 21.0. The highest BCUT2D eigenvalue weighted by Crippen LogP contribution is 2.22. The highest BCUT2D eigenvalue weighted by molar-refractivity contribution is 5.97. The molecule has 0 bridgehead atoms. The molecular formula is C21H23F3N2O3. The summed E-state index contributed by atoms with van der Waals surface area (Å²) in [6.45, 7) is 2.00. The monoisotopic (exact) mass is 408 g/mol. The molecule has 1 amide bonds. The molecule has 1 heterocycles. The number of ether oxygens (including phenoxy) is 2. The second-order valence-corrected chi connectivity index (χ2v) is 6.82. The molecule has 0 unspecified atom stereocenters. The lowest BCUT2D eigenvalue weighted by molar-refractivity contribution is -0.153. The third kappa shape index (κ3) is 5.87. The van der Waals surface area contributed by atoms with Crippen LogP contribution in [-0.2, 0) is 6.54 Å². The van der Waals surface area contributed by atoms with Gasteiger partial charge < -0.3 is 14.4 Å². The lowest BCUT2D eigenvalue weighted by atomic mass is 10.1. The van der Waals surface area contributed by atoms with E-state index in [9.17, 15) is 18.0 Å². The molecule has 1 fully saturated rings. The summed E-state index contributed by atoms with van der Waals surface area (Å²) in [7, 11) is 1.55. The van der Waals surface area contributed by atoms with Gasteiger partial charge in [0.15, 0.2) is 6.61 Å². The summed E-state index contributed by atoms with van der Waals surface area (Å²) in [6, 6.07) is 13.8. The number of methoxy groups -OCH3 is 1. The van der Waals surface area contributed by atoms with E-state index < -0.39 is 12.8 Å². The fraction of sp³-hybridized carbons (Fsp3) is 0.381. The van der Waals surface area contributed by atoms with Gasteiger partial charge in [-0.05, 0) is 29.8 Å². The van der Waals surface area contributed by atoms with E-state index in [4.69, 9.17) is 9.47 Å². The van der Waals surface area contributed by atoms with Crippen molar-refractivity contribution in [3.05, 3.63) is 59.7 Å². The maximum Gasteiger partial charge on any atom is 0.422 e. The van der Waals surface area contributed by atoms with Crippen molar-refractivity contribution in [2.75, 3.05) is 39.9 Å². The lowest BCUT2D eigenvalue weighted by Crippen LogP contribution is -2.48. The predicted molar refractivity (Wildman–Crippen MR) is 102 cm³/mol. The number of piperazine rings is 1. The topological polar surface area (TPSA) is 42.0 Å². The van der Waals surface area contributed by atoms with Gasteiger partial charge in [-0.3, -0.25) is 9.69 Å². The molecule has 3 rings (SSSR count). The average Bonchev–Trinajstić information content (AvgIpc) is 2.73. The van der Waals surface area contributed by atoms with E-state index in [0.717, 1.165) is 5.56 Å². The Morgan fingerprint density at radius 2 is 1.66 bits per heavy atom. The molecule has 2 aromatic rings. The van der Waals surface area contributed by atoms with E-state index >= 15 is 0 Å². The first-order valence-corrected chi connectivity index (χ1v) is 9.29. The van der Waals surface area contributed by atoms with Crippen LogP contribution in [0, 0.1) is 0 Å². The molecule has 1 aliphatic heterocycles. The molecule has 8 heteroatoms. The molecule has 156 valence electrons. The molecule has 1 saturated heterocycles. The van der Waals surface area contributed by atoms with Crippen LogP contribution in [0.5, 0.6) is 11.5 Å². The average molecular weight is 408 g/mol. The zero-order valence-corrected chi connectivity index (χ0v) is 16.1. The number of amides is 1. The minimum absolute atomic E-state index is 0.0479. The number of para-hydroxylation sites is 1. The van der Waals surface area contributed by atoms with Gasteiger partial charge in [0, 0.05) is 32.7 Å². The maximum atomic E-state index is 12.7. The SMILES string of the molecule is COc1ccccc1C(=O)N1CCN(Cc2ccc(OCC(F)(F)F)cc2)CC1. The number of halogens is 3. The van der Waals surface area contributed by atoms with Crippen molar-refractivity contribution in [3.63, 3.8) is 0 Å². The van der Waals surface area contributed by atoms with Crippen LogP contribution >= 0.6 is 0 Å². The number of nitrogens with zero attached hydrogens (tertiary/aromatic N) is 2. The zero-order chi connectivity index (χ0) is 20.9. The van der Waals surface area contributed by atoms with Crippen LogP contribution in [0.25, 0.3) is 0 Å². The molecule has 0 aromatic heterocycles. The van der Waals surface area contributed by atoms with Gasteiger partial charge in [-0.25, -0.2) is 0 Å². The summed E-state index contributed by atoms with van der Waals surface area (Å²) in [5.41, 5.74) is 1.53. The van der Waals surface area contributed by atoms with Gasteiger partial charge in [-0.2, -0.15) is 13.2 Å². The van der Waals surface area contributed by atoms with Crippen molar-refractivity contribution >= 4 is 5.91 Å². The van der Waals surface area contributed by atoms with Crippen LogP contribution in [0.2, 0.25) is 0 Å². The van der Waals surface area contributed by atoms with E-state index in [-0.39, 0.29) is 11.7 Å². The Labute approximate surface area is 167 Å². The summed E-state index contributed by atoms with van der Waals surface area (Å²) in [4.78, 5) is 16.8. The van der Waals surface area contributed by atoms with Crippen molar-refractivity contribution in [2.45, 2.75) is 12.7 Å². The standard InChI is InChI=1S/C21H23F3N2O3/c1-28-19-5-3-2-4-18(19)20(27)26-12-10-25(11-13-26)14-16-6-8-17(9-7-16)29-15-21(22,23)24/h2-9H,10-15H2,1H3. The zero-order valence-electron chi connectivity index (χ0n) is 16.1. The van der Waals surface area contributed by atoms with Gasteiger partial charge in [0.25, 0.3) is 5.91 Å². The van der Waals surface area contributed by atoms with E-state index in [1.807, 2.05) is 17.0 Å². The highest BCUT2D eigenvalue weighted by Gasteiger charge is 2.28. The van der Waals surface area contributed by atoms with E-state index in [2.05, 4.69) is 4.90 Å². The normalized spacial score (nSPS) is 15.2. The summed E-state index contributed by atoms with van der Waals surface area (Å²) in [6.07, 6.45) is -4.35. The Kier molecular flexibility index (Phi) is 6.64. The Hall–Kier alpha value is -2.74. The number of hydrogen-bond donors (Lipinski definition) is 0. The molecule has 0 N–H and O–H groups in total. The van der Waals surface area contributed by atoms with Crippen LogP contribution in [0.1, 0.15) is 15.9 Å². The molecule has 0 saturated carbocycles. The number of benzene rings is 2. The Morgan fingerprint density at radius 3 is 2.28 bits per heavy atom. The van der Waals surface area contributed by atoms with Crippen molar-refractivity contribution in [1.82, 2.24) is 9.80 Å². The fourth-order valence-electron chi connectivity index (χ4n) is 3.22. The second-order valence-electron chi connectivity index (χ2n) is 6.82. The largest absolute Gasteiger partial charge is 0.496 e. The van der Waals surface area contributed by atoms with Gasteiger partial charge in [0.05, 0.1) is 12.7 Å². The minimum atomic E-state index is -4.35. The second kappa shape index (κ2) is 9.17. The number of hydrogen-bond acceptors (Lipinski definition) is 4. The van der Waals surface area contributed by atoms with Gasteiger partial charge in [0.2, 0.25) is 0 Å². The minimum Gasteiger partial charge on any atom is -0.496 e. The van der Waals surface area contributed by atoms with Crippen molar-refractivity contribution < 1.29 is 27.4 Å². The van der Waals surface area contributed by atoms with Crippen molar-refractivity contribution in [2.24, 2.45) is 0 Å². The van der Waals surface area contributed by atoms with E-state index in [0.29, 0.717) is 44.0 Å². The Morgan fingerprint density at radius 1 is 1.00 bits per heavy atom. The van der Waals surface area contributed by atoms with Crippen LogP contribution < -0.4 is 9.47 Å². The molecule has 0 aliphatic carbocycles. The third-order valence-corrected chi connectivity index (χ3v) is 4.73. The molecule has 2 aromatic carbocycles. The van der Waals surface area contributed by atoms with Crippen molar-refractivity contribution in [3.8, 4) is 11.5 Å². The van der Waals surface area contributed by atoms with E-state index in [1.165, 1.54) is 0 Å². The van der Waals surface area contributed by atoms with Gasteiger partial charge in [0.1, 0.15) is 11.5 Å². The van der Waals surface area contributed by atoms with Crippen LogP contribution in [0.3, 0.4) is 0 Å². The highest BCUT2D eigenvalue weighted by atomic mass is 19.4. The molecule has 0 spiro atoms. The summed E-state index contributed by atoms with van der Waals surface area (Å²) < 4.78 is 46.6. The number of carbonyl (C=O) groups excluding carboxylic acids is 1. The Bertz CT molecular complexity index is 817. The quantitative estimate of drug-likeness (QED) is 0.733. The van der Waals surface area contributed by atoms with Crippen molar-refractivity contribution in [1.29, 1.82) is 0 Å². The number of carbonyl (C=O) groups is 1. The van der Waals surface area contributed by atoms with Crippen LogP contribution in [-0.4, -0.2) is 61.8 Å². The smallest absolute Gasteiger partial charge is 0.422 e. The molecule has 0 radical (unpaired) electrons. The first-order chi connectivity index (χ1) is 13.9. The van der Waals surface area contributed by atoms with E-state index in [1.54, 1.807) is 43.5 Å². The first-order valence-electron chi connectivity index (χ1n) is 9.29. The number of alkyl halides is 3.